The van der Waals surface area contributed by atoms with E-state index in [2.05, 4.69) is 56.6 Å². The number of ketones is 1. The van der Waals surface area contributed by atoms with Gasteiger partial charge in [0.2, 0.25) is 23.6 Å². The molecule has 1 aliphatic carbocycles. The predicted octanol–water partition coefficient (Wildman–Crippen LogP) is 5.38. The second-order valence-corrected chi connectivity index (χ2v) is 28.6. The van der Waals surface area contributed by atoms with Crippen LogP contribution >= 0.6 is 12.2 Å². The van der Waals surface area contributed by atoms with E-state index in [0.29, 0.717) is 56.6 Å². The van der Waals surface area contributed by atoms with Crippen LogP contribution in [0.15, 0.2) is 36.7 Å². The number of hydrogen-bond acceptors (Lipinski definition) is 18. The molecule has 1 aromatic rings. The number of nitrogens with one attached hydrogen (secondary N) is 6. The van der Waals surface area contributed by atoms with Crippen molar-refractivity contribution in [1.82, 2.24) is 41.5 Å². The fraction of sp³-hybridized carbons (Fsp3) is 0.791. The van der Waals surface area contributed by atoms with Gasteiger partial charge in [-0.05, 0) is 145 Å². The van der Waals surface area contributed by atoms with E-state index in [1.165, 1.54) is 12.4 Å². The molecule has 506 valence electrons. The lowest BCUT2D eigenvalue weighted by Gasteiger charge is -2.48. The average molecular weight is 1290 g/mol. The number of amides is 5. The Hall–Kier alpha value is -4.60. The first-order valence-electron chi connectivity index (χ1n) is 34.0. The maximum Gasteiger partial charge on any atom is 0.254 e. The van der Waals surface area contributed by atoms with Crippen LogP contribution in [0.4, 0.5) is 0 Å². The van der Waals surface area contributed by atoms with Crippen LogP contribution in [-0.2, 0) is 61.9 Å². The van der Waals surface area contributed by atoms with Crippen LogP contribution in [0.1, 0.15) is 166 Å². The largest absolute Gasteiger partial charge is 0.391 e. The maximum atomic E-state index is 14.6. The molecule has 9 saturated heterocycles. The van der Waals surface area contributed by atoms with Gasteiger partial charge in [-0.25, -0.2) is 4.98 Å². The number of rotatable bonds is 24. The number of carbonyl (C=O) groups excluding carboxylic acids is 6. The molecule has 12 bridgehead atoms. The Morgan fingerprint density at radius 2 is 1.58 bits per heavy atom. The Morgan fingerprint density at radius 3 is 2.35 bits per heavy atom. The number of fused-ring (bicyclic) bond motifs is 6. The summed E-state index contributed by atoms with van der Waals surface area (Å²) in [5.74, 6) is -2.94. The van der Waals surface area contributed by atoms with Crippen molar-refractivity contribution in [2.45, 2.75) is 259 Å². The SMILES string of the molecule is C=C1C[C@@H]2CC[C@@]34CC5CC6[C@@H](O3)[C@H]3O[C@H](CC[C@@H]3O[C@H]6[C@H]5O4)CC(=O)C[C@@H]3[C@@H](OC)[C@@H](C[C@H](O)CNC(=O)CNC(=O)[C@H](CCCCN(C)C)NC(=O)[C@@H](NC(=O)CCCCCNC(=O)c4cnc(=S)[nH]c4)C(C)C)O[C@H]3C[C@H]3O[C@@H](CCC1O2)C[C@@H](C)C3=C. The lowest BCUT2D eigenvalue weighted by Crippen LogP contribution is -2.59. The average Bonchev–Trinajstić information content (AvgIpc) is 1.56. The van der Waals surface area contributed by atoms with Gasteiger partial charge in [0.05, 0.1) is 91.5 Å². The zero-order chi connectivity index (χ0) is 64.7. The quantitative estimate of drug-likeness (QED) is 0.0388. The Bertz CT molecular complexity index is 2790. The minimum absolute atomic E-state index is 0.00303. The Balaban J connectivity index is 0.736. The summed E-state index contributed by atoms with van der Waals surface area (Å²) < 4.78 is 55.1. The summed E-state index contributed by atoms with van der Waals surface area (Å²) in [4.78, 5) is 90.0. The van der Waals surface area contributed by atoms with Gasteiger partial charge >= 0.3 is 0 Å². The minimum atomic E-state index is -1.10. The molecule has 7 N–H and O–H groups in total. The zero-order valence-electron chi connectivity index (χ0n) is 54.3. The van der Waals surface area contributed by atoms with Crippen LogP contribution in [0.25, 0.3) is 0 Å². The third-order valence-corrected chi connectivity index (χ3v) is 21.0. The smallest absolute Gasteiger partial charge is 0.254 e. The van der Waals surface area contributed by atoms with Crippen molar-refractivity contribution >= 4 is 47.5 Å². The van der Waals surface area contributed by atoms with Gasteiger partial charge in [-0.1, -0.05) is 40.3 Å². The fourth-order valence-corrected chi connectivity index (χ4v) is 16.1. The van der Waals surface area contributed by atoms with E-state index in [1.54, 1.807) is 7.11 Å². The summed E-state index contributed by atoms with van der Waals surface area (Å²) in [6.45, 7) is 15.4. The molecule has 10 aliphatic rings. The minimum Gasteiger partial charge on any atom is -0.391 e. The molecule has 1 saturated carbocycles. The number of H-pyrrole nitrogens is 1. The summed E-state index contributed by atoms with van der Waals surface area (Å²) >= 11 is 4.94. The van der Waals surface area contributed by atoms with Crippen molar-refractivity contribution in [3.8, 4) is 0 Å². The number of aromatic amines is 1. The normalized spacial score (nSPS) is 35.4. The highest BCUT2D eigenvalue weighted by atomic mass is 32.1. The van der Waals surface area contributed by atoms with Crippen LogP contribution in [0.5, 0.6) is 0 Å². The molecule has 1 spiro atoms. The molecule has 21 atom stereocenters. The number of methoxy groups -OCH3 is 1. The number of nitrogens with zero attached hydrogens (tertiary/aromatic N) is 2. The lowest BCUT2D eigenvalue weighted by molar-refractivity contribution is -0.286. The molecule has 23 nitrogen and oxygen atoms in total. The third kappa shape index (κ3) is 17.5. The monoisotopic (exact) mass is 1290 g/mol. The number of hydrogen-bond donors (Lipinski definition) is 7. The van der Waals surface area contributed by atoms with E-state index in [9.17, 15) is 33.9 Å². The molecular weight excluding hydrogens is 1190 g/mol. The number of aliphatic hydroxyl groups is 1. The number of ether oxygens (including phenoxy) is 8. The second-order valence-electron chi connectivity index (χ2n) is 28.3. The molecule has 0 radical (unpaired) electrons. The number of aliphatic hydroxyl groups excluding tert-OH is 1. The predicted molar refractivity (Wildman–Crippen MR) is 337 cm³/mol. The first-order chi connectivity index (χ1) is 43.6. The van der Waals surface area contributed by atoms with Gasteiger partial charge in [0, 0.05) is 89.4 Å². The van der Waals surface area contributed by atoms with Crippen molar-refractivity contribution in [3.05, 3.63) is 47.0 Å². The van der Waals surface area contributed by atoms with Crippen LogP contribution < -0.4 is 26.6 Å². The Labute approximate surface area is 541 Å². The van der Waals surface area contributed by atoms with E-state index in [1.807, 2.05) is 32.8 Å². The maximum absolute atomic E-state index is 14.6. The molecule has 1 aromatic heterocycles. The molecular formula is C67H102N8O15S. The third-order valence-electron chi connectivity index (χ3n) is 20.8. The van der Waals surface area contributed by atoms with E-state index in [4.69, 9.17) is 50.1 Å². The van der Waals surface area contributed by atoms with E-state index in [0.717, 1.165) is 81.9 Å². The molecule has 11 rings (SSSR count). The van der Waals surface area contributed by atoms with Gasteiger partial charge in [-0.2, -0.15) is 0 Å². The first-order valence-corrected chi connectivity index (χ1v) is 34.4. The number of Topliss-reactive ketones (excluding diaryl/α,β-unsaturated/α-hetero) is 1. The summed E-state index contributed by atoms with van der Waals surface area (Å²) in [6.07, 6.45) is 11.0. The number of unbranched alkanes of at least 4 members (excludes halogenated alkanes) is 3. The molecule has 24 heteroatoms. The molecule has 0 aromatic carbocycles. The molecule has 9 aliphatic heterocycles. The van der Waals surface area contributed by atoms with Gasteiger partial charge in [0.1, 0.15) is 24.0 Å². The highest BCUT2D eigenvalue weighted by molar-refractivity contribution is 7.71. The van der Waals surface area contributed by atoms with Gasteiger partial charge in [-0.15, -0.1) is 0 Å². The topological polar surface area (TPSA) is 289 Å². The molecule has 10 fully saturated rings. The molecule has 5 amide bonds. The summed E-state index contributed by atoms with van der Waals surface area (Å²) in [6, 6.07) is -1.93. The Morgan fingerprint density at radius 1 is 0.802 bits per heavy atom. The van der Waals surface area contributed by atoms with Crippen molar-refractivity contribution < 1.29 is 71.8 Å². The lowest BCUT2D eigenvalue weighted by atomic mass is 9.81. The van der Waals surface area contributed by atoms with Crippen molar-refractivity contribution in [1.29, 1.82) is 0 Å². The molecule has 91 heavy (non-hydrogen) atoms. The van der Waals surface area contributed by atoms with Gasteiger partial charge in [0.25, 0.3) is 5.91 Å². The summed E-state index contributed by atoms with van der Waals surface area (Å²) in [5, 5.41) is 25.6. The van der Waals surface area contributed by atoms with Crippen LogP contribution in [-0.4, -0.2) is 206 Å². The number of carbonyl (C=O) groups is 6. The van der Waals surface area contributed by atoms with Crippen molar-refractivity contribution in [2.75, 3.05) is 47.4 Å². The van der Waals surface area contributed by atoms with E-state index < -0.39 is 72.5 Å². The zero-order valence-corrected chi connectivity index (χ0v) is 55.2. The van der Waals surface area contributed by atoms with Gasteiger partial charge in [-0.3, -0.25) is 28.8 Å². The van der Waals surface area contributed by atoms with E-state index >= 15 is 0 Å². The molecule has 10 heterocycles. The number of aromatic nitrogens is 2. The van der Waals surface area contributed by atoms with Crippen LogP contribution in [0, 0.1) is 34.4 Å². The van der Waals surface area contributed by atoms with Gasteiger partial charge < -0.3 is 79.5 Å². The highest BCUT2D eigenvalue weighted by Crippen LogP contribution is 2.59. The highest BCUT2D eigenvalue weighted by Gasteiger charge is 2.67. The standard InChI is InChI=1S/C67H102N8O15S/c1-36(2)57(74-55(78)15-10-9-12-22-68-63(80)41-32-71-66(91)72-33-41)65(82)73-49(14-11-13-23-75(6)7)64(81)70-35-56(79)69-34-43(77)29-54-59(83-8)47-28-42(76)27-45-17-19-51-62(86-45)61-48-26-40-31-67(90-61,89-58(40)60(48)88-51)21-20-46-25-38(4)50(84-46)18-16-44-24-37(3)39(5)52(85-44)30-53(47)87-54/h32-33,36-37,40,43-54,57-62,77H,4-5,9-31,34-35H2,1-3,6-8H3,(H,68,80)(H,69,79)(H,70,81)(H,73,82)(H,74,78)(H,71,72,91)/t37-,40?,43+,44+,45-,46+,47+,48?,49+,50?,51+,52-,53+,54-,57+,58+,59-,60-,61-,62+,67+/m1/s1. The van der Waals surface area contributed by atoms with E-state index in [-0.39, 0.29) is 140 Å². The van der Waals surface area contributed by atoms with Crippen LogP contribution in [0.3, 0.4) is 0 Å². The van der Waals surface area contributed by atoms with Crippen molar-refractivity contribution in [3.63, 3.8) is 0 Å². The summed E-state index contributed by atoms with van der Waals surface area (Å²) in [5.41, 5.74) is 2.44. The van der Waals surface area contributed by atoms with Crippen molar-refractivity contribution in [2.24, 2.45) is 29.6 Å². The van der Waals surface area contributed by atoms with Crippen LogP contribution in [0.2, 0.25) is 0 Å². The molecule has 3 unspecified atom stereocenters. The van der Waals surface area contributed by atoms with Gasteiger partial charge in [0.15, 0.2) is 10.6 Å². The fourth-order valence-electron chi connectivity index (χ4n) is 16.0. The first kappa shape index (κ1) is 69.2. The Kier molecular flexibility index (Phi) is 23.8. The summed E-state index contributed by atoms with van der Waals surface area (Å²) in [7, 11) is 5.50. The second kappa shape index (κ2) is 31.3.